The molecule has 100 valence electrons. The number of esters is 1. The van der Waals surface area contributed by atoms with Gasteiger partial charge in [0.15, 0.2) is 11.6 Å². The molecule has 0 spiro atoms. The van der Waals surface area contributed by atoms with E-state index in [-0.39, 0.29) is 12.5 Å². The van der Waals surface area contributed by atoms with Gasteiger partial charge in [-0.15, -0.1) is 0 Å². The van der Waals surface area contributed by atoms with Gasteiger partial charge in [0.1, 0.15) is 0 Å². The standard InChI is InChI=1S/C12H12F4O2/c1-2-3-4-5-9(17)18-12-10(15)7(13)6-8(14)11(12)16/h6H,2-5H2,1H3. The number of halogens is 4. The summed E-state index contributed by atoms with van der Waals surface area (Å²) in [4.78, 5) is 11.2. The summed E-state index contributed by atoms with van der Waals surface area (Å²) in [5, 5.41) is 0. The second-order valence-electron chi connectivity index (χ2n) is 3.73. The second-order valence-corrected chi connectivity index (χ2v) is 3.73. The van der Waals surface area contributed by atoms with E-state index in [0.717, 1.165) is 12.8 Å². The zero-order valence-electron chi connectivity index (χ0n) is 9.73. The highest BCUT2D eigenvalue weighted by Crippen LogP contribution is 2.26. The van der Waals surface area contributed by atoms with Crippen LogP contribution in [0.15, 0.2) is 6.07 Å². The summed E-state index contributed by atoms with van der Waals surface area (Å²) in [6, 6.07) is 0.0546. The van der Waals surface area contributed by atoms with Crippen molar-refractivity contribution in [1.29, 1.82) is 0 Å². The Morgan fingerprint density at radius 1 is 1.11 bits per heavy atom. The summed E-state index contributed by atoms with van der Waals surface area (Å²) >= 11 is 0. The smallest absolute Gasteiger partial charge is 0.311 e. The van der Waals surface area contributed by atoms with Gasteiger partial charge >= 0.3 is 5.97 Å². The first-order valence-electron chi connectivity index (χ1n) is 5.51. The molecule has 0 N–H and O–H groups in total. The molecule has 18 heavy (non-hydrogen) atoms. The van der Waals surface area contributed by atoms with Crippen LogP contribution >= 0.6 is 0 Å². The van der Waals surface area contributed by atoms with E-state index in [1.807, 2.05) is 6.92 Å². The zero-order valence-corrected chi connectivity index (χ0v) is 9.73. The first-order chi connectivity index (χ1) is 8.47. The largest absolute Gasteiger partial charge is 0.420 e. The second kappa shape index (κ2) is 6.37. The minimum atomic E-state index is -1.71. The Morgan fingerprint density at radius 2 is 1.67 bits per heavy atom. The Hall–Kier alpha value is -1.59. The maximum Gasteiger partial charge on any atom is 0.311 e. The van der Waals surface area contributed by atoms with Gasteiger partial charge in [-0.3, -0.25) is 4.79 Å². The minimum absolute atomic E-state index is 0.0546. The molecule has 1 aromatic rings. The Kier molecular flexibility index (Phi) is 5.12. The van der Waals surface area contributed by atoms with Crippen LogP contribution in [0.2, 0.25) is 0 Å². The Bertz CT molecular complexity index is 420. The normalized spacial score (nSPS) is 10.5. The number of benzene rings is 1. The average Bonchev–Trinajstić information content (AvgIpc) is 2.32. The van der Waals surface area contributed by atoms with Crippen molar-refractivity contribution < 1.29 is 27.1 Å². The fourth-order valence-electron chi connectivity index (χ4n) is 1.33. The topological polar surface area (TPSA) is 26.3 Å². The summed E-state index contributed by atoms with van der Waals surface area (Å²) in [6.07, 6.45) is 2.02. The van der Waals surface area contributed by atoms with Crippen LogP contribution in [0.4, 0.5) is 17.6 Å². The fraction of sp³-hybridized carbons (Fsp3) is 0.417. The first-order valence-corrected chi connectivity index (χ1v) is 5.51. The van der Waals surface area contributed by atoms with Crippen LogP contribution in [-0.2, 0) is 4.79 Å². The molecule has 6 heteroatoms. The zero-order chi connectivity index (χ0) is 13.7. The molecular formula is C12H12F4O2. The van der Waals surface area contributed by atoms with Crippen LogP contribution in [0, 0.1) is 23.3 Å². The van der Waals surface area contributed by atoms with Crippen LogP contribution in [0.25, 0.3) is 0 Å². The van der Waals surface area contributed by atoms with Gasteiger partial charge in [0.2, 0.25) is 17.4 Å². The van der Waals surface area contributed by atoms with Crippen LogP contribution in [0.1, 0.15) is 32.6 Å². The molecule has 0 aromatic heterocycles. The maximum atomic E-state index is 13.1. The van der Waals surface area contributed by atoms with Gasteiger partial charge in [-0.25, -0.2) is 8.78 Å². The molecule has 0 aliphatic heterocycles. The molecule has 0 aliphatic carbocycles. The molecule has 0 heterocycles. The van der Waals surface area contributed by atoms with Gasteiger partial charge in [-0.2, -0.15) is 8.78 Å². The van der Waals surface area contributed by atoms with Gasteiger partial charge in [0, 0.05) is 12.5 Å². The highest BCUT2D eigenvalue weighted by Gasteiger charge is 2.22. The average molecular weight is 264 g/mol. The molecule has 0 saturated heterocycles. The predicted molar refractivity (Wildman–Crippen MR) is 56.1 cm³/mol. The lowest BCUT2D eigenvalue weighted by Gasteiger charge is -2.07. The highest BCUT2D eigenvalue weighted by atomic mass is 19.2. The van der Waals surface area contributed by atoms with Gasteiger partial charge in [0.05, 0.1) is 0 Å². The van der Waals surface area contributed by atoms with Crippen molar-refractivity contribution in [3.8, 4) is 5.75 Å². The molecule has 0 amide bonds. The number of unbranched alkanes of at least 4 members (excludes halogenated alkanes) is 2. The van der Waals surface area contributed by atoms with Crippen molar-refractivity contribution in [1.82, 2.24) is 0 Å². The van der Waals surface area contributed by atoms with Crippen LogP contribution < -0.4 is 4.74 Å². The van der Waals surface area contributed by atoms with Gasteiger partial charge in [-0.05, 0) is 6.42 Å². The molecular weight excluding hydrogens is 252 g/mol. The van der Waals surface area contributed by atoms with Crippen molar-refractivity contribution in [3.05, 3.63) is 29.3 Å². The summed E-state index contributed by atoms with van der Waals surface area (Å²) in [5.41, 5.74) is 0. The van der Waals surface area contributed by atoms with E-state index in [0.29, 0.717) is 6.42 Å². The number of rotatable bonds is 5. The van der Waals surface area contributed by atoms with Crippen molar-refractivity contribution >= 4 is 5.97 Å². The molecule has 0 aliphatic rings. The monoisotopic (exact) mass is 264 g/mol. The lowest BCUT2D eigenvalue weighted by molar-refractivity contribution is -0.135. The van der Waals surface area contributed by atoms with Gasteiger partial charge < -0.3 is 4.74 Å². The van der Waals surface area contributed by atoms with E-state index in [2.05, 4.69) is 4.74 Å². The number of carbonyl (C=O) groups excluding carboxylic acids is 1. The third-order valence-electron chi connectivity index (χ3n) is 2.27. The molecule has 0 saturated carbocycles. The third kappa shape index (κ3) is 3.45. The van der Waals surface area contributed by atoms with E-state index in [1.54, 1.807) is 0 Å². The van der Waals surface area contributed by atoms with Crippen molar-refractivity contribution in [2.75, 3.05) is 0 Å². The first kappa shape index (κ1) is 14.5. The number of hydrogen-bond acceptors (Lipinski definition) is 2. The molecule has 1 aromatic carbocycles. The molecule has 0 radical (unpaired) electrons. The lowest BCUT2D eigenvalue weighted by atomic mass is 10.2. The molecule has 0 bridgehead atoms. The lowest BCUT2D eigenvalue weighted by Crippen LogP contribution is -2.11. The van der Waals surface area contributed by atoms with Gasteiger partial charge in [0.25, 0.3) is 0 Å². The Balaban J connectivity index is 2.81. The predicted octanol–water partition coefficient (Wildman–Crippen LogP) is 3.73. The van der Waals surface area contributed by atoms with Crippen molar-refractivity contribution in [3.63, 3.8) is 0 Å². The maximum absolute atomic E-state index is 13.1. The van der Waals surface area contributed by atoms with Gasteiger partial charge in [-0.1, -0.05) is 19.8 Å². The summed E-state index contributed by atoms with van der Waals surface area (Å²) in [6.45, 7) is 1.91. The van der Waals surface area contributed by atoms with Crippen molar-refractivity contribution in [2.24, 2.45) is 0 Å². The number of hydrogen-bond donors (Lipinski definition) is 0. The summed E-state index contributed by atoms with van der Waals surface area (Å²) in [7, 11) is 0. The molecule has 0 unspecified atom stereocenters. The number of carbonyl (C=O) groups is 1. The number of ether oxygens (including phenoxy) is 1. The summed E-state index contributed by atoms with van der Waals surface area (Å²) < 4.78 is 56.2. The third-order valence-corrected chi connectivity index (χ3v) is 2.27. The molecule has 2 nitrogen and oxygen atoms in total. The van der Waals surface area contributed by atoms with E-state index in [4.69, 9.17) is 0 Å². The van der Waals surface area contributed by atoms with E-state index < -0.39 is 35.0 Å². The van der Waals surface area contributed by atoms with Crippen molar-refractivity contribution in [2.45, 2.75) is 32.6 Å². The quantitative estimate of drug-likeness (QED) is 0.266. The molecule has 0 atom stereocenters. The van der Waals surface area contributed by atoms with Crippen LogP contribution in [0.3, 0.4) is 0 Å². The van der Waals surface area contributed by atoms with E-state index in [9.17, 15) is 22.4 Å². The fourth-order valence-corrected chi connectivity index (χ4v) is 1.33. The summed E-state index contributed by atoms with van der Waals surface area (Å²) in [5.74, 6) is -8.88. The Morgan fingerprint density at radius 3 is 2.17 bits per heavy atom. The Labute approximate surface area is 102 Å². The molecule has 1 rings (SSSR count). The van der Waals surface area contributed by atoms with E-state index >= 15 is 0 Å². The van der Waals surface area contributed by atoms with E-state index in [1.165, 1.54) is 0 Å². The van der Waals surface area contributed by atoms with Crippen LogP contribution in [0.5, 0.6) is 5.75 Å². The minimum Gasteiger partial charge on any atom is -0.420 e. The SMILES string of the molecule is CCCCCC(=O)Oc1c(F)c(F)cc(F)c1F. The molecule has 0 fully saturated rings. The highest BCUT2D eigenvalue weighted by molar-refractivity contribution is 5.72. The van der Waals surface area contributed by atoms with Crippen LogP contribution in [-0.4, -0.2) is 5.97 Å².